The fraction of sp³-hybridized carbons (Fsp3) is 0.400. The van der Waals surface area contributed by atoms with E-state index < -0.39 is 0 Å². The molecule has 4 heteroatoms. The van der Waals surface area contributed by atoms with Crippen LogP contribution in [-0.4, -0.2) is 16.9 Å². The highest BCUT2D eigenvalue weighted by molar-refractivity contribution is 5.24. The van der Waals surface area contributed by atoms with E-state index in [0.717, 1.165) is 0 Å². The Labute approximate surface area is 52.3 Å². The van der Waals surface area contributed by atoms with Crippen molar-refractivity contribution in [3.63, 3.8) is 0 Å². The standard InChI is InChI=1S/C5H8N2O2/c6-5-3-4(1-2-8)7-9-5/h3,8H,1-2,6H2. The van der Waals surface area contributed by atoms with E-state index >= 15 is 0 Å². The molecule has 0 fully saturated rings. The monoisotopic (exact) mass is 128 g/mol. The van der Waals surface area contributed by atoms with Crippen LogP contribution in [-0.2, 0) is 6.42 Å². The Morgan fingerprint density at radius 3 is 3.00 bits per heavy atom. The summed E-state index contributed by atoms with van der Waals surface area (Å²) in [6, 6.07) is 1.59. The zero-order chi connectivity index (χ0) is 6.69. The Hall–Kier alpha value is -1.03. The molecule has 4 nitrogen and oxygen atoms in total. The van der Waals surface area contributed by atoms with Gasteiger partial charge in [-0.25, -0.2) is 0 Å². The van der Waals surface area contributed by atoms with Crippen molar-refractivity contribution in [2.24, 2.45) is 0 Å². The van der Waals surface area contributed by atoms with Crippen molar-refractivity contribution >= 4 is 5.88 Å². The topological polar surface area (TPSA) is 72.3 Å². The normalized spacial score (nSPS) is 9.89. The molecule has 1 aromatic heterocycles. The summed E-state index contributed by atoms with van der Waals surface area (Å²) in [7, 11) is 0. The number of nitrogens with zero attached hydrogens (tertiary/aromatic N) is 1. The van der Waals surface area contributed by atoms with Crippen LogP contribution < -0.4 is 5.73 Å². The number of hydrogen-bond donors (Lipinski definition) is 2. The van der Waals surface area contributed by atoms with Crippen LogP contribution >= 0.6 is 0 Å². The lowest BCUT2D eigenvalue weighted by Gasteiger charge is -1.82. The van der Waals surface area contributed by atoms with Crippen molar-refractivity contribution in [1.82, 2.24) is 5.16 Å². The highest BCUT2D eigenvalue weighted by Gasteiger charge is 1.97. The molecule has 9 heavy (non-hydrogen) atoms. The molecule has 0 radical (unpaired) electrons. The minimum absolute atomic E-state index is 0.0754. The van der Waals surface area contributed by atoms with Gasteiger partial charge in [0.25, 0.3) is 0 Å². The lowest BCUT2D eigenvalue weighted by molar-refractivity contribution is 0.294. The second-order valence-corrected chi connectivity index (χ2v) is 1.69. The first-order valence-electron chi connectivity index (χ1n) is 2.65. The molecule has 0 unspecified atom stereocenters. The summed E-state index contributed by atoms with van der Waals surface area (Å²) >= 11 is 0. The molecule has 0 bridgehead atoms. The number of nitrogens with two attached hydrogens (primary N) is 1. The second kappa shape index (κ2) is 2.50. The predicted molar refractivity (Wildman–Crippen MR) is 31.7 cm³/mol. The number of hydrogen-bond acceptors (Lipinski definition) is 4. The summed E-state index contributed by atoms with van der Waals surface area (Å²) in [6.07, 6.45) is 0.501. The van der Waals surface area contributed by atoms with E-state index in [1.54, 1.807) is 6.07 Å². The van der Waals surface area contributed by atoms with Crippen LogP contribution in [0.15, 0.2) is 10.6 Å². The van der Waals surface area contributed by atoms with Crippen molar-refractivity contribution in [1.29, 1.82) is 0 Å². The first-order valence-corrected chi connectivity index (χ1v) is 2.65. The number of aliphatic hydroxyl groups is 1. The summed E-state index contributed by atoms with van der Waals surface area (Å²) in [5.74, 6) is 0.290. The van der Waals surface area contributed by atoms with Gasteiger partial charge in [-0.1, -0.05) is 5.16 Å². The van der Waals surface area contributed by atoms with Gasteiger partial charge in [0.1, 0.15) is 0 Å². The van der Waals surface area contributed by atoms with Crippen LogP contribution in [0.3, 0.4) is 0 Å². The van der Waals surface area contributed by atoms with E-state index in [9.17, 15) is 0 Å². The first kappa shape index (κ1) is 6.10. The van der Waals surface area contributed by atoms with Gasteiger partial charge >= 0.3 is 0 Å². The zero-order valence-electron chi connectivity index (χ0n) is 4.87. The number of nitrogen functional groups attached to an aromatic ring is 1. The maximum absolute atomic E-state index is 8.41. The van der Waals surface area contributed by atoms with Gasteiger partial charge in [-0.3, -0.25) is 0 Å². The average Bonchev–Trinajstić information content (AvgIpc) is 2.17. The van der Waals surface area contributed by atoms with Crippen molar-refractivity contribution in [2.75, 3.05) is 12.3 Å². The average molecular weight is 128 g/mol. The summed E-state index contributed by atoms with van der Waals surface area (Å²) < 4.78 is 4.53. The molecule has 0 aromatic carbocycles. The van der Waals surface area contributed by atoms with Gasteiger partial charge in [0, 0.05) is 19.1 Å². The third-order valence-electron chi connectivity index (χ3n) is 0.945. The molecular formula is C5H8N2O2. The fourth-order valence-electron chi connectivity index (χ4n) is 0.561. The molecule has 1 aromatic rings. The molecular weight excluding hydrogens is 120 g/mol. The van der Waals surface area contributed by atoms with E-state index in [1.807, 2.05) is 0 Å². The highest BCUT2D eigenvalue weighted by atomic mass is 16.5. The van der Waals surface area contributed by atoms with Gasteiger partial charge in [0.2, 0.25) is 5.88 Å². The minimum Gasteiger partial charge on any atom is -0.396 e. The second-order valence-electron chi connectivity index (χ2n) is 1.69. The van der Waals surface area contributed by atoms with Crippen molar-refractivity contribution in [3.05, 3.63) is 11.8 Å². The van der Waals surface area contributed by atoms with Crippen LogP contribution in [0.25, 0.3) is 0 Å². The quantitative estimate of drug-likeness (QED) is 0.578. The van der Waals surface area contributed by atoms with Gasteiger partial charge < -0.3 is 15.4 Å². The predicted octanol–water partition coefficient (Wildman–Crippen LogP) is -0.208. The van der Waals surface area contributed by atoms with Crippen LogP contribution in [0.4, 0.5) is 5.88 Å². The molecule has 0 saturated heterocycles. The van der Waals surface area contributed by atoms with Crippen LogP contribution in [0.5, 0.6) is 0 Å². The van der Waals surface area contributed by atoms with Gasteiger partial charge in [0.15, 0.2) is 0 Å². The number of aromatic nitrogens is 1. The molecule has 0 aliphatic rings. The minimum atomic E-state index is 0.0754. The largest absolute Gasteiger partial charge is 0.396 e. The molecule has 0 spiro atoms. The van der Waals surface area contributed by atoms with Gasteiger partial charge in [-0.05, 0) is 0 Å². The Balaban J connectivity index is 2.61. The first-order chi connectivity index (χ1) is 4.33. The van der Waals surface area contributed by atoms with Crippen molar-refractivity contribution in [3.8, 4) is 0 Å². The van der Waals surface area contributed by atoms with E-state index in [-0.39, 0.29) is 6.61 Å². The molecule has 1 heterocycles. The molecule has 1 rings (SSSR count). The Bertz CT molecular complexity index is 185. The molecule has 50 valence electrons. The molecule has 0 atom stereocenters. The van der Waals surface area contributed by atoms with Crippen LogP contribution in [0.2, 0.25) is 0 Å². The summed E-state index contributed by atoms with van der Waals surface area (Å²) in [5.41, 5.74) is 5.89. The Morgan fingerprint density at radius 1 is 1.78 bits per heavy atom. The van der Waals surface area contributed by atoms with E-state index in [1.165, 1.54) is 0 Å². The zero-order valence-corrected chi connectivity index (χ0v) is 4.87. The molecule has 0 aliphatic carbocycles. The van der Waals surface area contributed by atoms with Crippen LogP contribution in [0, 0.1) is 0 Å². The summed E-state index contributed by atoms with van der Waals surface area (Å²) in [4.78, 5) is 0. The number of aliphatic hydroxyl groups excluding tert-OH is 1. The van der Waals surface area contributed by atoms with Gasteiger partial charge in [-0.15, -0.1) is 0 Å². The van der Waals surface area contributed by atoms with Gasteiger partial charge in [-0.2, -0.15) is 0 Å². The third-order valence-corrected chi connectivity index (χ3v) is 0.945. The van der Waals surface area contributed by atoms with Crippen LogP contribution in [0.1, 0.15) is 5.69 Å². The summed E-state index contributed by atoms with van der Waals surface area (Å²) in [5, 5.41) is 12.0. The number of anilines is 1. The molecule has 0 amide bonds. The number of rotatable bonds is 2. The maximum Gasteiger partial charge on any atom is 0.222 e. The Morgan fingerprint density at radius 2 is 2.56 bits per heavy atom. The Kier molecular flexibility index (Phi) is 1.69. The fourth-order valence-corrected chi connectivity index (χ4v) is 0.561. The smallest absolute Gasteiger partial charge is 0.222 e. The van der Waals surface area contributed by atoms with E-state index in [2.05, 4.69) is 9.68 Å². The lowest BCUT2D eigenvalue weighted by Crippen LogP contribution is -1.88. The lowest BCUT2D eigenvalue weighted by atomic mass is 10.3. The molecule has 3 N–H and O–H groups in total. The van der Waals surface area contributed by atoms with Crippen molar-refractivity contribution < 1.29 is 9.63 Å². The highest BCUT2D eigenvalue weighted by Crippen LogP contribution is 2.03. The van der Waals surface area contributed by atoms with E-state index in [0.29, 0.717) is 18.0 Å². The van der Waals surface area contributed by atoms with Gasteiger partial charge in [0.05, 0.1) is 5.69 Å². The SMILES string of the molecule is Nc1cc(CCO)no1. The summed E-state index contributed by atoms with van der Waals surface area (Å²) in [6.45, 7) is 0.0754. The molecule has 0 aliphatic heterocycles. The van der Waals surface area contributed by atoms with Crippen molar-refractivity contribution in [2.45, 2.75) is 6.42 Å². The third kappa shape index (κ3) is 1.43. The maximum atomic E-state index is 8.41. The molecule has 0 saturated carbocycles. The van der Waals surface area contributed by atoms with E-state index in [4.69, 9.17) is 10.8 Å².